The van der Waals surface area contributed by atoms with Gasteiger partial charge in [-0.25, -0.2) is 4.98 Å². The largest absolute Gasteiger partial charge is 0.302 e. The van der Waals surface area contributed by atoms with Crippen LogP contribution in [0.15, 0.2) is 24.3 Å². The van der Waals surface area contributed by atoms with Gasteiger partial charge in [0.05, 0.1) is 11.2 Å². The molecule has 3 rings (SSSR count). The Bertz CT molecular complexity index is 598. The zero-order valence-electron chi connectivity index (χ0n) is 12.5. The summed E-state index contributed by atoms with van der Waals surface area (Å²) >= 11 is 1.85. The third-order valence-electron chi connectivity index (χ3n) is 4.35. The summed E-state index contributed by atoms with van der Waals surface area (Å²) in [6.45, 7) is 7.44. The molecule has 0 fully saturated rings. The monoisotopic (exact) mass is 286 g/mol. The first-order valence-electron chi connectivity index (χ1n) is 7.45. The topological polar surface area (TPSA) is 24.9 Å². The molecule has 3 heteroatoms. The number of hydrogen-bond acceptors (Lipinski definition) is 3. The molecule has 1 aliphatic rings. The fourth-order valence-corrected chi connectivity index (χ4v) is 4.40. The Morgan fingerprint density at radius 3 is 2.80 bits per heavy atom. The molecule has 1 aromatic heterocycles. The predicted octanol–water partition coefficient (Wildman–Crippen LogP) is 3.95. The highest BCUT2D eigenvalue weighted by molar-refractivity contribution is 7.11. The lowest BCUT2D eigenvalue weighted by atomic mass is 9.76. The van der Waals surface area contributed by atoms with Gasteiger partial charge in [0, 0.05) is 4.88 Å². The molecule has 1 N–H and O–H groups in total. The lowest BCUT2D eigenvalue weighted by Crippen LogP contribution is -2.45. The minimum absolute atomic E-state index is 0.0761. The first-order valence-corrected chi connectivity index (χ1v) is 8.27. The van der Waals surface area contributed by atoms with Crippen molar-refractivity contribution in [3.8, 4) is 0 Å². The van der Waals surface area contributed by atoms with Gasteiger partial charge in [-0.3, -0.25) is 0 Å². The van der Waals surface area contributed by atoms with Crippen molar-refractivity contribution in [2.45, 2.75) is 45.6 Å². The number of hydrogen-bond donors (Lipinski definition) is 1. The smallest absolute Gasteiger partial charge is 0.118 e. The Kier molecular flexibility index (Phi) is 3.65. The summed E-state index contributed by atoms with van der Waals surface area (Å²) in [7, 11) is 0. The van der Waals surface area contributed by atoms with Gasteiger partial charge in [-0.15, -0.1) is 11.3 Å². The molecule has 0 bridgehead atoms. The Morgan fingerprint density at radius 1 is 1.30 bits per heavy atom. The highest BCUT2D eigenvalue weighted by atomic mass is 32.1. The van der Waals surface area contributed by atoms with Gasteiger partial charge in [0.15, 0.2) is 0 Å². The van der Waals surface area contributed by atoms with Gasteiger partial charge in [-0.05, 0) is 50.8 Å². The van der Waals surface area contributed by atoms with E-state index in [-0.39, 0.29) is 5.54 Å². The van der Waals surface area contributed by atoms with E-state index in [4.69, 9.17) is 4.98 Å². The molecule has 0 saturated carbocycles. The van der Waals surface area contributed by atoms with Crippen LogP contribution in [0.25, 0.3) is 0 Å². The molecule has 0 spiro atoms. The number of nitrogens with zero attached hydrogens (tertiary/aromatic N) is 1. The fraction of sp³-hybridized carbons (Fsp3) is 0.471. The van der Waals surface area contributed by atoms with E-state index in [1.807, 2.05) is 11.3 Å². The third-order valence-corrected chi connectivity index (χ3v) is 5.58. The molecule has 20 heavy (non-hydrogen) atoms. The number of aryl methyl sites for hydroxylation is 3. The summed E-state index contributed by atoms with van der Waals surface area (Å²) in [6.07, 6.45) is 3.55. The molecule has 0 amide bonds. The molecule has 1 aromatic carbocycles. The number of aromatic nitrogens is 1. The van der Waals surface area contributed by atoms with E-state index in [2.05, 4.69) is 50.4 Å². The van der Waals surface area contributed by atoms with Crippen LogP contribution in [-0.2, 0) is 12.0 Å². The standard InChI is InChI=1S/C17H22N2S/c1-4-18-17(16-19-12(2)13(3)20-16)11-7-9-14-8-5-6-10-15(14)17/h5-6,8,10,18H,4,7,9,11H2,1-3H3. The summed E-state index contributed by atoms with van der Waals surface area (Å²) < 4.78 is 0. The molecule has 2 nitrogen and oxygen atoms in total. The Morgan fingerprint density at radius 2 is 2.10 bits per heavy atom. The molecule has 106 valence electrons. The molecule has 0 radical (unpaired) electrons. The lowest BCUT2D eigenvalue weighted by molar-refractivity contribution is 0.349. The average molecular weight is 286 g/mol. The summed E-state index contributed by atoms with van der Waals surface area (Å²) in [5.74, 6) is 0. The van der Waals surface area contributed by atoms with Gasteiger partial charge in [0.2, 0.25) is 0 Å². The maximum atomic E-state index is 4.88. The van der Waals surface area contributed by atoms with Crippen LogP contribution in [-0.4, -0.2) is 11.5 Å². The van der Waals surface area contributed by atoms with E-state index >= 15 is 0 Å². The first kappa shape index (κ1) is 13.8. The summed E-state index contributed by atoms with van der Waals surface area (Å²) in [4.78, 5) is 6.21. The Hall–Kier alpha value is -1.19. The van der Waals surface area contributed by atoms with Crippen LogP contribution in [0.1, 0.15) is 46.5 Å². The SMILES string of the molecule is CCNC1(c2nc(C)c(C)s2)CCCc2ccccc21. The molecule has 1 unspecified atom stereocenters. The van der Waals surface area contributed by atoms with Gasteiger partial charge in [-0.2, -0.15) is 0 Å². The number of rotatable bonds is 3. The molecule has 0 saturated heterocycles. The van der Waals surface area contributed by atoms with Gasteiger partial charge in [-0.1, -0.05) is 31.2 Å². The zero-order chi connectivity index (χ0) is 14.2. The van der Waals surface area contributed by atoms with Crippen LogP contribution >= 0.6 is 11.3 Å². The number of nitrogens with one attached hydrogen (secondary N) is 1. The third kappa shape index (κ3) is 2.09. The van der Waals surface area contributed by atoms with E-state index in [0.717, 1.165) is 13.0 Å². The molecular formula is C17H22N2S. The van der Waals surface area contributed by atoms with Crippen molar-refractivity contribution in [2.24, 2.45) is 0 Å². The summed E-state index contributed by atoms with van der Waals surface area (Å²) in [6, 6.07) is 8.86. The Labute approximate surface area is 125 Å². The quantitative estimate of drug-likeness (QED) is 0.924. The maximum absolute atomic E-state index is 4.88. The zero-order valence-corrected chi connectivity index (χ0v) is 13.3. The average Bonchev–Trinajstić information content (AvgIpc) is 2.80. The van der Waals surface area contributed by atoms with E-state index in [9.17, 15) is 0 Å². The van der Waals surface area contributed by atoms with E-state index in [1.165, 1.54) is 39.5 Å². The second-order valence-corrected chi connectivity index (χ2v) is 6.81. The molecular weight excluding hydrogens is 264 g/mol. The van der Waals surface area contributed by atoms with Crippen molar-refractivity contribution in [3.05, 3.63) is 51.0 Å². The fourth-order valence-electron chi connectivity index (χ4n) is 3.27. The summed E-state index contributed by atoms with van der Waals surface area (Å²) in [5, 5.41) is 5.00. The van der Waals surface area contributed by atoms with Crippen molar-refractivity contribution in [2.75, 3.05) is 6.54 Å². The molecule has 1 aliphatic carbocycles. The van der Waals surface area contributed by atoms with Gasteiger partial charge >= 0.3 is 0 Å². The molecule has 2 aromatic rings. The highest BCUT2D eigenvalue weighted by Gasteiger charge is 2.40. The number of fused-ring (bicyclic) bond motifs is 1. The highest BCUT2D eigenvalue weighted by Crippen LogP contribution is 2.42. The summed E-state index contributed by atoms with van der Waals surface area (Å²) in [5.41, 5.74) is 4.00. The van der Waals surface area contributed by atoms with E-state index in [1.54, 1.807) is 0 Å². The predicted molar refractivity (Wildman–Crippen MR) is 85.4 cm³/mol. The van der Waals surface area contributed by atoms with Crippen LogP contribution < -0.4 is 5.32 Å². The number of benzene rings is 1. The van der Waals surface area contributed by atoms with Crippen LogP contribution in [0.3, 0.4) is 0 Å². The minimum atomic E-state index is -0.0761. The first-order chi connectivity index (χ1) is 9.67. The molecule has 0 aliphatic heterocycles. The van der Waals surface area contributed by atoms with Crippen molar-refractivity contribution >= 4 is 11.3 Å². The maximum Gasteiger partial charge on any atom is 0.118 e. The van der Waals surface area contributed by atoms with Gasteiger partial charge < -0.3 is 5.32 Å². The van der Waals surface area contributed by atoms with E-state index < -0.39 is 0 Å². The van der Waals surface area contributed by atoms with Crippen molar-refractivity contribution in [1.82, 2.24) is 10.3 Å². The Balaban J connectivity index is 2.18. The van der Waals surface area contributed by atoms with Crippen LogP contribution in [0, 0.1) is 13.8 Å². The minimum Gasteiger partial charge on any atom is -0.302 e. The van der Waals surface area contributed by atoms with Crippen LogP contribution in [0.5, 0.6) is 0 Å². The second-order valence-electron chi connectivity index (χ2n) is 5.61. The van der Waals surface area contributed by atoms with Crippen molar-refractivity contribution in [1.29, 1.82) is 0 Å². The van der Waals surface area contributed by atoms with Crippen LogP contribution in [0.2, 0.25) is 0 Å². The van der Waals surface area contributed by atoms with Crippen LogP contribution in [0.4, 0.5) is 0 Å². The van der Waals surface area contributed by atoms with E-state index in [0.29, 0.717) is 0 Å². The lowest BCUT2D eigenvalue weighted by Gasteiger charge is -2.38. The molecule has 1 atom stereocenters. The van der Waals surface area contributed by atoms with Gasteiger partial charge in [0.1, 0.15) is 5.01 Å². The van der Waals surface area contributed by atoms with Crippen molar-refractivity contribution in [3.63, 3.8) is 0 Å². The van der Waals surface area contributed by atoms with Crippen molar-refractivity contribution < 1.29 is 0 Å². The molecule has 1 heterocycles. The normalized spacial score (nSPS) is 21.8. The second kappa shape index (κ2) is 5.30. The number of thiazole rings is 1. The van der Waals surface area contributed by atoms with Gasteiger partial charge in [0.25, 0.3) is 0 Å².